The molecule has 0 aliphatic carbocycles. The first-order valence-electron chi connectivity index (χ1n) is 8.57. The molecule has 0 atom stereocenters. The summed E-state index contributed by atoms with van der Waals surface area (Å²) in [7, 11) is 1.97. The molecule has 0 N–H and O–H groups in total. The van der Waals surface area contributed by atoms with Crippen molar-refractivity contribution in [2.75, 3.05) is 31.1 Å². The number of halogens is 1. The smallest absolute Gasteiger partial charge is 0.225 e. The van der Waals surface area contributed by atoms with Gasteiger partial charge < -0.3 is 4.90 Å². The predicted molar refractivity (Wildman–Crippen MR) is 99.9 cm³/mol. The molecule has 3 heterocycles. The third-order valence-electron chi connectivity index (χ3n) is 4.70. The van der Waals surface area contributed by atoms with Crippen molar-refractivity contribution in [3.05, 3.63) is 47.4 Å². The second-order valence-electron chi connectivity index (χ2n) is 6.37. The molecular formula is C18H21ClN6. The van der Waals surface area contributed by atoms with E-state index in [1.807, 2.05) is 29.9 Å². The quantitative estimate of drug-likeness (QED) is 0.722. The Hall–Kier alpha value is -2.18. The monoisotopic (exact) mass is 356 g/mol. The van der Waals surface area contributed by atoms with Crippen LogP contribution in [0.1, 0.15) is 12.1 Å². The van der Waals surface area contributed by atoms with Gasteiger partial charge in [-0.05, 0) is 24.6 Å². The second-order valence-corrected chi connectivity index (χ2v) is 6.78. The maximum Gasteiger partial charge on any atom is 0.225 e. The number of aryl methyl sites for hydroxylation is 1. The first-order chi connectivity index (χ1) is 12.2. The van der Waals surface area contributed by atoms with E-state index in [-0.39, 0.29) is 0 Å². The van der Waals surface area contributed by atoms with Crippen molar-refractivity contribution in [3.8, 4) is 0 Å². The van der Waals surface area contributed by atoms with Gasteiger partial charge in [-0.15, -0.1) is 0 Å². The highest BCUT2D eigenvalue weighted by atomic mass is 35.5. The number of hydrogen-bond acceptors (Lipinski definition) is 5. The van der Waals surface area contributed by atoms with Crippen LogP contribution in [0.15, 0.2) is 36.7 Å². The number of hydrogen-bond donors (Lipinski definition) is 0. The zero-order valence-corrected chi connectivity index (χ0v) is 15.0. The minimum Gasteiger partial charge on any atom is -0.339 e. The summed E-state index contributed by atoms with van der Waals surface area (Å²) in [6.45, 7) is 4.70. The molecule has 1 saturated heterocycles. The van der Waals surface area contributed by atoms with Crippen molar-refractivity contribution in [1.29, 1.82) is 0 Å². The van der Waals surface area contributed by atoms with Crippen molar-refractivity contribution in [1.82, 2.24) is 24.6 Å². The third-order valence-corrected chi connectivity index (χ3v) is 5.01. The van der Waals surface area contributed by atoms with E-state index >= 15 is 0 Å². The van der Waals surface area contributed by atoms with Gasteiger partial charge in [-0.1, -0.05) is 17.7 Å². The van der Waals surface area contributed by atoms with E-state index < -0.39 is 0 Å². The number of nitrogens with zero attached hydrogens (tertiary/aromatic N) is 6. The summed E-state index contributed by atoms with van der Waals surface area (Å²) < 4.78 is 1.92. The molecule has 0 spiro atoms. The Balaban J connectivity index is 1.51. The largest absolute Gasteiger partial charge is 0.339 e. The van der Waals surface area contributed by atoms with E-state index in [2.05, 4.69) is 25.8 Å². The molecule has 0 amide bonds. The van der Waals surface area contributed by atoms with Crippen LogP contribution in [0.25, 0.3) is 10.9 Å². The number of aromatic nitrogens is 4. The van der Waals surface area contributed by atoms with Crippen LogP contribution in [-0.2, 0) is 13.6 Å². The molecule has 6 nitrogen and oxygen atoms in total. The average Bonchev–Trinajstić information content (AvgIpc) is 2.81. The van der Waals surface area contributed by atoms with Crippen LogP contribution >= 0.6 is 11.6 Å². The normalized spacial score (nSPS) is 16.3. The molecule has 0 radical (unpaired) electrons. The van der Waals surface area contributed by atoms with Gasteiger partial charge in [0.2, 0.25) is 5.95 Å². The summed E-state index contributed by atoms with van der Waals surface area (Å²) in [4.78, 5) is 13.4. The summed E-state index contributed by atoms with van der Waals surface area (Å²) >= 11 is 6.43. The summed E-state index contributed by atoms with van der Waals surface area (Å²) in [5.41, 5.74) is 2.13. The highest BCUT2D eigenvalue weighted by Crippen LogP contribution is 2.27. The Morgan fingerprint density at radius 3 is 2.72 bits per heavy atom. The summed E-state index contributed by atoms with van der Waals surface area (Å²) in [6, 6.07) is 7.82. The van der Waals surface area contributed by atoms with Gasteiger partial charge in [0.15, 0.2) is 0 Å². The first-order valence-corrected chi connectivity index (χ1v) is 8.94. The fraction of sp³-hybridized carbons (Fsp3) is 0.389. The van der Waals surface area contributed by atoms with Crippen LogP contribution in [-0.4, -0.2) is 50.8 Å². The standard InChI is InChI=1S/C18H21ClN6/c1-23-16-6-2-5-14(19)17(16)15(22-23)13-24-9-4-10-25(12-11-24)18-20-7-3-8-21-18/h2-3,5-8H,4,9-13H2,1H3. The molecule has 130 valence electrons. The van der Waals surface area contributed by atoms with Crippen LogP contribution in [0.3, 0.4) is 0 Å². The molecule has 1 aromatic carbocycles. The van der Waals surface area contributed by atoms with Gasteiger partial charge in [-0.3, -0.25) is 9.58 Å². The molecule has 4 rings (SSSR count). The third kappa shape index (κ3) is 3.32. The van der Waals surface area contributed by atoms with E-state index in [9.17, 15) is 0 Å². The SMILES string of the molecule is Cn1nc(CN2CCCN(c3ncccn3)CC2)c2c(Cl)cccc21. The van der Waals surface area contributed by atoms with Gasteiger partial charge in [0.05, 0.1) is 16.2 Å². The Bertz CT molecular complexity index is 863. The zero-order valence-electron chi connectivity index (χ0n) is 14.3. The van der Waals surface area contributed by atoms with Gasteiger partial charge in [-0.2, -0.15) is 5.10 Å². The average molecular weight is 357 g/mol. The summed E-state index contributed by atoms with van der Waals surface area (Å²) in [6.07, 6.45) is 4.68. The Morgan fingerprint density at radius 1 is 1.04 bits per heavy atom. The Labute approximate surface area is 152 Å². The van der Waals surface area contributed by atoms with Gasteiger partial charge in [0.25, 0.3) is 0 Å². The molecular weight excluding hydrogens is 336 g/mol. The lowest BCUT2D eigenvalue weighted by Gasteiger charge is -2.21. The van der Waals surface area contributed by atoms with Crippen LogP contribution in [0.4, 0.5) is 5.95 Å². The van der Waals surface area contributed by atoms with Crippen molar-refractivity contribution in [3.63, 3.8) is 0 Å². The first kappa shape index (κ1) is 16.3. The molecule has 1 fully saturated rings. The van der Waals surface area contributed by atoms with Gasteiger partial charge in [0, 0.05) is 57.6 Å². The molecule has 25 heavy (non-hydrogen) atoms. The van der Waals surface area contributed by atoms with E-state index in [4.69, 9.17) is 16.7 Å². The number of benzene rings is 1. The molecule has 0 unspecified atom stereocenters. The molecule has 3 aromatic rings. The van der Waals surface area contributed by atoms with Gasteiger partial charge >= 0.3 is 0 Å². The lowest BCUT2D eigenvalue weighted by Crippen LogP contribution is -2.31. The van der Waals surface area contributed by atoms with E-state index in [1.165, 1.54) is 0 Å². The molecule has 0 saturated carbocycles. The van der Waals surface area contributed by atoms with Crippen LogP contribution in [0.2, 0.25) is 5.02 Å². The fourth-order valence-electron chi connectivity index (χ4n) is 3.46. The zero-order chi connectivity index (χ0) is 17.2. The van der Waals surface area contributed by atoms with Crippen LogP contribution in [0.5, 0.6) is 0 Å². The van der Waals surface area contributed by atoms with E-state index in [0.29, 0.717) is 0 Å². The topological polar surface area (TPSA) is 50.1 Å². The second kappa shape index (κ2) is 6.98. The van der Waals surface area contributed by atoms with E-state index in [0.717, 1.165) is 66.7 Å². The molecule has 7 heteroatoms. The molecule has 1 aliphatic rings. The van der Waals surface area contributed by atoms with Crippen molar-refractivity contribution in [2.45, 2.75) is 13.0 Å². The van der Waals surface area contributed by atoms with Crippen LogP contribution < -0.4 is 4.90 Å². The van der Waals surface area contributed by atoms with Crippen molar-refractivity contribution in [2.24, 2.45) is 7.05 Å². The minimum absolute atomic E-state index is 0.773. The highest BCUT2D eigenvalue weighted by Gasteiger charge is 2.19. The molecule has 1 aliphatic heterocycles. The number of rotatable bonds is 3. The highest BCUT2D eigenvalue weighted by molar-refractivity contribution is 6.35. The molecule has 2 aromatic heterocycles. The lowest BCUT2D eigenvalue weighted by atomic mass is 10.2. The van der Waals surface area contributed by atoms with Crippen LogP contribution in [0, 0.1) is 0 Å². The Kier molecular flexibility index (Phi) is 4.55. The van der Waals surface area contributed by atoms with E-state index in [1.54, 1.807) is 12.4 Å². The van der Waals surface area contributed by atoms with Crippen molar-refractivity contribution >= 4 is 28.5 Å². The number of fused-ring (bicyclic) bond motifs is 1. The maximum atomic E-state index is 6.43. The fourth-order valence-corrected chi connectivity index (χ4v) is 3.74. The van der Waals surface area contributed by atoms with Gasteiger partial charge in [-0.25, -0.2) is 9.97 Å². The van der Waals surface area contributed by atoms with Crippen molar-refractivity contribution < 1.29 is 0 Å². The summed E-state index contributed by atoms with van der Waals surface area (Å²) in [5, 5.41) is 6.55. The lowest BCUT2D eigenvalue weighted by molar-refractivity contribution is 0.282. The minimum atomic E-state index is 0.773. The Morgan fingerprint density at radius 2 is 1.88 bits per heavy atom. The maximum absolute atomic E-state index is 6.43. The molecule has 0 bridgehead atoms. The van der Waals surface area contributed by atoms with Gasteiger partial charge in [0.1, 0.15) is 0 Å². The summed E-state index contributed by atoms with van der Waals surface area (Å²) in [5.74, 6) is 0.815. The predicted octanol–water partition coefficient (Wildman–Crippen LogP) is 2.73. The number of anilines is 1.